The molecule has 5 rings (SSSR count). The Morgan fingerprint density at radius 1 is 1.05 bits per heavy atom. The number of benzene rings is 2. The van der Waals surface area contributed by atoms with E-state index in [1.54, 1.807) is 60.8 Å². The van der Waals surface area contributed by atoms with Crippen LogP contribution in [-0.2, 0) is 17.1 Å². The fraction of sp³-hybridized carbons (Fsp3) is 0.125. The van der Waals surface area contributed by atoms with E-state index >= 15 is 0 Å². The van der Waals surface area contributed by atoms with Crippen molar-refractivity contribution in [3.8, 4) is 0 Å². The predicted molar refractivity (Wildman–Crippen MR) is 125 cm³/mol. The number of halogens is 3. The Hall–Kier alpha value is -4.98. The highest BCUT2D eigenvalue weighted by Gasteiger charge is 2.50. The molecule has 0 spiro atoms. The van der Waals surface area contributed by atoms with E-state index in [1.165, 1.54) is 4.90 Å². The quantitative estimate of drug-likeness (QED) is 0.267. The minimum Gasteiger partial charge on any atom is -0.475 e. The van der Waals surface area contributed by atoms with Gasteiger partial charge in [-0.2, -0.15) is 13.2 Å². The van der Waals surface area contributed by atoms with Crippen LogP contribution in [0.25, 0.3) is 11.0 Å². The second-order valence-electron chi connectivity index (χ2n) is 7.98. The number of carboxylic acids is 1. The zero-order valence-electron chi connectivity index (χ0n) is 19.1. The van der Waals surface area contributed by atoms with E-state index in [9.17, 15) is 27.9 Å². The molecule has 5 N–H and O–H groups in total. The van der Waals surface area contributed by atoms with Gasteiger partial charge in [0.2, 0.25) is 5.95 Å². The molecule has 3 heterocycles. The van der Waals surface area contributed by atoms with Gasteiger partial charge in [0.25, 0.3) is 5.91 Å². The molecule has 0 aliphatic carbocycles. The van der Waals surface area contributed by atoms with E-state index in [0.29, 0.717) is 33.4 Å². The standard InChI is InChI=1S/C22H17N5O4.C2HF3O2/c28-19-15-6-1-2-7-16(15)22(31,27(19)12-14-5-3-4-10-23-14)13-8-9-17-18(11-13)25-20(24-17)26-21(29)30;3-2(4,5)1(6)7/h1-11,31H,12H2,(H,29,30)(H2,24,25,26);(H,6,7). The summed E-state index contributed by atoms with van der Waals surface area (Å²) in [6.07, 6.45) is -4.69. The minimum absolute atomic E-state index is 0.0693. The molecule has 4 aromatic rings. The number of carbonyl (C=O) groups is 3. The van der Waals surface area contributed by atoms with E-state index in [0.717, 1.165) is 0 Å². The van der Waals surface area contributed by atoms with Crippen molar-refractivity contribution in [1.82, 2.24) is 19.9 Å². The topological polar surface area (TPSA) is 169 Å². The lowest BCUT2D eigenvalue weighted by Crippen LogP contribution is -2.44. The Bertz CT molecular complexity index is 1530. The van der Waals surface area contributed by atoms with Crippen molar-refractivity contribution in [2.75, 3.05) is 5.32 Å². The van der Waals surface area contributed by atoms with Gasteiger partial charge in [0.1, 0.15) is 0 Å². The highest BCUT2D eigenvalue weighted by Crippen LogP contribution is 2.43. The summed E-state index contributed by atoms with van der Waals surface area (Å²) in [4.78, 5) is 45.8. The van der Waals surface area contributed by atoms with E-state index in [1.807, 2.05) is 6.07 Å². The van der Waals surface area contributed by atoms with Gasteiger partial charge in [-0.1, -0.05) is 30.3 Å². The number of aromatic nitrogens is 3. The Morgan fingerprint density at radius 3 is 2.37 bits per heavy atom. The fourth-order valence-electron chi connectivity index (χ4n) is 3.95. The van der Waals surface area contributed by atoms with Crippen LogP contribution in [0.3, 0.4) is 0 Å². The zero-order valence-corrected chi connectivity index (χ0v) is 19.1. The number of carbonyl (C=O) groups excluding carboxylic acids is 1. The average Bonchev–Trinajstić information content (AvgIpc) is 3.36. The molecule has 0 radical (unpaired) electrons. The summed E-state index contributed by atoms with van der Waals surface area (Å²) in [5.74, 6) is -2.99. The molecular weight excluding hydrogens is 511 g/mol. The third-order valence-electron chi connectivity index (χ3n) is 5.57. The third kappa shape index (κ3) is 4.97. The van der Waals surface area contributed by atoms with Crippen molar-refractivity contribution in [1.29, 1.82) is 0 Å². The van der Waals surface area contributed by atoms with Gasteiger partial charge in [-0.3, -0.25) is 20.0 Å². The van der Waals surface area contributed by atoms with Gasteiger partial charge < -0.3 is 20.3 Å². The van der Waals surface area contributed by atoms with Gasteiger partial charge in [-0.05, 0) is 30.3 Å². The minimum atomic E-state index is -5.08. The van der Waals surface area contributed by atoms with Crippen molar-refractivity contribution >= 4 is 35.0 Å². The smallest absolute Gasteiger partial charge is 0.475 e. The molecule has 196 valence electrons. The first-order valence-electron chi connectivity index (χ1n) is 10.8. The van der Waals surface area contributed by atoms with Crippen molar-refractivity contribution in [3.63, 3.8) is 0 Å². The van der Waals surface area contributed by atoms with Gasteiger partial charge in [0, 0.05) is 22.9 Å². The molecule has 2 amide bonds. The molecular formula is C24H18F3N5O6. The Balaban J connectivity index is 0.000000426. The molecule has 0 saturated heterocycles. The van der Waals surface area contributed by atoms with Gasteiger partial charge in [0.15, 0.2) is 5.72 Å². The largest absolute Gasteiger partial charge is 0.490 e. The number of nitrogens with zero attached hydrogens (tertiary/aromatic N) is 3. The maximum absolute atomic E-state index is 13.2. The van der Waals surface area contributed by atoms with Crippen LogP contribution in [0.1, 0.15) is 27.2 Å². The third-order valence-corrected chi connectivity index (χ3v) is 5.57. The summed E-state index contributed by atoms with van der Waals surface area (Å²) >= 11 is 0. The number of hydrogen-bond donors (Lipinski definition) is 5. The highest BCUT2D eigenvalue weighted by molar-refractivity contribution is 6.00. The van der Waals surface area contributed by atoms with E-state index in [4.69, 9.17) is 15.0 Å². The molecule has 1 atom stereocenters. The zero-order chi connectivity index (χ0) is 27.7. The first kappa shape index (κ1) is 26.1. The number of pyridine rings is 1. The molecule has 2 aromatic heterocycles. The van der Waals surface area contributed by atoms with Crippen LogP contribution >= 0.6 is 0 Å². The van der Waals surface area contributed by atoms with Crippen LogP contribution in [-0.4, -0.2) is 59.3 Å². The number of nitrogens with one attached hydrogen (secondary N) is 2. The van der Waals surface area contributed by atoms with Crippen LogP contribution < -0.4 is 5.32 Å². The summed E-state index contributed by atoms with van der Waals surface area (Å²) in [5.41, 5.74) is 1.25. The van der Waals surface area contributed by atoms with Crippen molar-refractivity contribution in [2.24, 2.45) is 0 Å². The molecule has 38 heavy (non-hydrogen) atoms. The van der Waals surface area contributed by atoms with Crippen molar-refractivity contribution in [2.45, 2.75) is 18.4 Å². The monoisotopic (exact) mass is 529 g/mol. The Kier molecular flexibility index (Phi) is 6.74. The lowest BCUT2D eigenvalue weighted by molar-refractivity contribution is -0.192. The van der Waals surface area contributed by atoms with E-state index in [-0.39, 0.29) is 18.4 Å². The molecule has 11 nitrogen and oxygen atoms in total. The van der Waals surface area contributed by atoms with Gasteiger partial charge in [-0.15, -0.1) is 0 Å². The number of carboxylic acid groups (broad SMARTS) is 2. The first-order valence-corrected chi connectivity index (χ1v) is 10.8. The molecule has 2 aromatic carbocycles. The summed E-state index contributed by atoms with van der Waals surface area (Å²) in [7, 11) is 0. The maximum atomic E-state index is 13.2. The predicted octanol–water partition coefficient (Wildman–Crippen LogP) is 3.53. The molecule has 0 fully saturated rings. The van der Waals surface area contributed by atoms with Crippen LogP contribution in [0.4, 0.5) is 23.9 Å². The van der Waals surface area contributed by atoms with Gasteiger partial charge >= 0.3 is 18.2 Å². The number of anilines is 1. The second-order valence-corrected chi connectivity index (χ2v) is 7.98. The molecule has 0 saturated carbocycles. The van der Waals surface area contributed by atoms with Crippen LogP contribution in [0.2, 0.25) is 0 Å². The molecule has 1 unspecified atom stereocenters. The van der Waals surface area contributed by atoms with Crippen LogP contribution in [0.15, 0.2) is 66.9 Å². The number of imidazole rings is 1. The summed E-state index contributed by atoms with van der Waals surface area (Å²) < 4.78 is 31.7. The number of amides is 2. The fourth-order valence-corrected chi connectivity index (χ4v) is 3.95. The number of rotatable bonds is 4. The van der Waals surface area contributed by atoms with E-state index < -0.39 is 24.0 Å². The second kappa shape index (κ2) is 9.82. The number of alkyl halides is 3. The van der Waals surface area contributed by atoms with Crippen LogP contribution in [0.5, 0.6) is 0 Å². The van der Waals surface area contributed by atoms with E-state index in [2.05, 4.69) is 20.3 Å². The number of aliphatic carboxylic acids is 1. The highest BCUT2D eigenvalue weighted by atomic mass is 19.4. The SMILES string of the molecule is O=C(O)C(F)(F)F.O=C(O)Nc1nc2cc(C3(O)c4ccccc4C(=O)N3Cc3ccccn3)ccc2[nH]1. The van der Waals surface area contributed by atoms with Gasteiger partial charge in [-0.25, -0.2) is 14.6 Å². The maximum Gasteiger partial charge on any atom is 0.490 e. The molecule has 1 aliphatic heterocycles. The summed E-state index contributed by atoms with van der Waals surface area (Å²) in [6.45, 7) is 0.106. The summed E-state index contributed by atoms with van der Waals surface area (Å²) in [5, 5.41) is 30.2. The number of hydrogen-bond acceptors (Lipinski definition) is 6. The average molecular weight is 529 g/mol. The lowest BCUT2D eigenvalue weighted by Gasteiger charge is -2.34. The Morgan fingerprint density at radius 2 is 1.74 bits per heavy atom. The van der Waals surface area contributed by atoms with Crippen molar-refractivity contribution in [3.05, 3.63) is 89.2 Å². The molecule has 0 bridgehead atoms. The number of aliphatic hydroxyl groups is 1. The Labute approximate surface area is 211 Å². The first-order chi connectivity index (χ1) is 17.9. The lowest BCUT2D eigenvalue weighted by atomic mass is 9.93. The number of H-pyrrole nitrogens is 1. The van der Waals surface area contributed by atoms with Crippen molar-refractivity contribution < 1.29 is 42.9 Å². The molecule has 14 heteroatoms. The molecule has 1 aliphatic rings. The summed E-state index contributed by atoms with van der Waals surface area (Å²) in [6, 6.07) is 17.3. The van der Waals surface area contributed by atoms with Crippen LogP contribution in [0, 0.1) is 0 Å². The number of fused-ring (bicyclic) bond motifs is 2. The number of aromatic amines is 1. The van der Waals surface area contributed by atoms with Gasteiger partial charge in [0.05, 0.1) is 23.3 Å². The normalized spacial score (nSPS) is 16.5.